The van der Waals surface area contributed by atoms with Crippen LogP contribution in [0.3, 0.4) is 0 Å². The number of hydrogen-bond donors (Lipinski definition) is 1. The Bertz CT molecular complexity index is 156. The summed E-state index contributed by atoms with van der Waals surface area (Å²) in [5.41, 5.74) is 0.0417. The average molecular weight is 201 g/mol. The van der Waals surface area contributed by atoms with Crippen molar-refractivity contribution in [2.45, 2.75) is 64.6 Å². The van der Waals surface area contributed by atoms with E-state index in [0.29, 0.717) is 12.5 Å². The second-order valence-electron chi connectivity index (χ2n) is 5.61. The molecule has 84 valence electrons. The zero-order chi connectivity index (χ0) is 10.6. The van der Waals surface area contributed by atoms with Gasteiger partial charge < -0.3 is 5.32 Å². The SMILES string of the molecule is CC(C)(C)NCC(F)CC1CCCC1. The first-order valence-corrected chi connectivity index (χ1v) is 5.86. The van der Waals surface area contributed by atoms with Gasteiger partial charge in [-0.05, 0) is 33.1 Å². The first-order valence-electron chi connectivity index (χ1n) is 5.86. The molecule has 2 heteroatoms. The van der Waals surface area contributed by atoms with Gasteiger partial charge in [0.25, 0.3) is 0 Å². The summed E-state index contributed by atoms with van der Waals surface area (Å²) in [5, 5.41) is 3.22. The first kappa shape index (κ1) is 12.0. The highest BCUT2D eigenvalue weighted by Gasteiger charge is 2.20. The minimum Gasteiger partial charge on any atom is -0.309 e. The Morgan fingerprint density at radius 2 is 1.86 bits per heavy atom. The zero-order valence-corrected chi connectivity index (χ0v) is 9.78. The van der Waals surface area contributed by atoms with Crippen LogP contribution in [0.1, 0.15) is 52.9 Å². The zero-order valence-electron chi connectivity index (χ0n) is 9.78. The lowest BCUT2D eigenvalue weighted by atomic mass is 10.00. The predicted molar refractivity (Wildman–Crippen MR) is 59.2 cm³/mol. The average Bonchev–Trinajstić information content (AvgIpc) is 2.52. The second-order valence-corrected chi connectivity index (χ2v) is 5.61. The topological polar surface area (TPSA) is 12.0 Å². The van der Waals surface area contributed by atoms with Gasteiger partial charge in [0.2, 0.25) is 0 Å². The summed E-state index contributed by atoms with van der Waals surface area (Å²) >= 11 is 0. The van der Waals surface area contributed by atoms with Gasteiger partial charge in [0.15, 0.2) is 0 Å². The predicted octanol–water partition coefficient (Wildman–Crippen LogP) is 3.29. The van der Waals surface area contributed by atoms with E-state index in [2.05, 4.69) is 26.1 Å². The van der Waals surface area contributed by atoms with Gasteiger partial charge in [-0.15, -0.1) is 0 Å². The van der Waals surface area contributed by atoms with Crippen molar-refractivity contribution < 1.29 is 4.39 Å². The maximum Gasteiger partial charge on any atom is 0.113 e. The van der Waals surface area contributed by atoms with Gasteiger partial charge in [0.05, 0.1) is 0 Å². The third kappa shape index (κ3) is 4.94. The number of rotatable bonds is 4. The Balaban J connectivity index is 2.12. The summed E-state index contributed by atoms with van der Waals surface area (Å²) in [4.78, 5) is 0. The van der Waals surface area contributed by atoms with Crippen LogP contribution in [-0.4, -0.2) is 18.3 Å². The molecule has 1 atom stereocenters. The molecule has 1 nitrogen and oxygen atoms in total. The van der Waals surface area contributed by atoms with Gasteiger partial charge in [-0.3, -0.25) is 0 Å². The third-order valence-corrected chi connectivity index (χ3v) is 2.92. The van der Waals surface area contributed by atoms with Crippen LogP contribution in [0.5, 0.6) is 0 Å². The van der Waals surface area contributed by atoms with E-state index in [1.165, 1.54) is 25.7 Å². The highest BCUT2D eigenvalue weighted by atomic mass is 19.1. The van der Waals surface area contributed by atoms with Crippen molar-refractivity contribution in [1.82, 2.24) is 5.32 Å². The van der Waals surface area contributed by atoms with E-state index < -0.39 is 6.17 Å². The summed E-state index contributed by atoms with van der Waals surface area (Å²) in [6.07, 6.45) is 5.22. The molecule has 1 aliphatic rings. The van der Waals surface area contributed by atoms with Crippen molar-refractivity contribution in [3.05, 3.63) is 0 Å². The van der Waals surface area contributed by atoms with Gasteiger partial charge in [0.1, 0.15) is 6.17 Å². The van der Waals surface area contributed by atoms with E-state index in [1.807, 2.05) is 0 Å². The van der Waals surface area contributed by atoms with E-state index in [1.54, 1.807) is 0 Å². The molecular formula is C12H24FN. The molecule has 0 heterocycles. The molecule has 1 aliphatic carbocycles. The van der Waals surface area contributed by atoms with Crippen LogP contribution in [0, 0.1) is 5.92 Å². The fourth-order valence-corrected chi connectivity index (χ4v) is 2.11. The van der Waals surface area contributed by atoms with Crippen molar-refractivity contribution in [3.63, 3.8) is 0 Å². The van der Waals surface area contributed by atoms with Crippen LogP contribution in [0.2, 0.25) is 0 Å². The Morgan fingerprint density at radius 1 is 1.29 bits per heavy atom. The van der Waals surface area contributed by atoms with Crippen molar-refractivity contribution >= 4 is 0 Å². The lowest BCUT2D eigenvalue weighted by Gasteiger charge is -2.23. The molecule has 1 N–H and O–H groups in total. The third-order valence-electron chi connectivity index (χ3n) is 2.92. The van der Waals surface area contributed by atoms with E-state index in [9.17, 15) is 4.39 Å². The van der Waals surface area contributed by atoms with Crippen molar-refractivity contribution in [2.24, 2.45) is 5.92 Å². The molecule has 0 radical (unpaired) electrons. The van der Waals surface area contributed by atoms with Gasteiger partial charge >= 0.3 is 0 Å². The molecular weight excluding hydrogens is 177 g/mol. The minimum absolute atomic E-state index is 0.0417. The molecule has 1 fully saturated rings. The van der Waals surface area contributed by atoms with Crippen molar-refractivity contribution in [3.8, 4) is 0 Å². The highest BCUT2D eigenvalue weighted by Crippen LogP contribution is 2.29. The number of alkyl halides is 1. The quantitative estimate of drug-likeness (QED) is 0.736. The smallest absolute Gasteiger partial charge is 0.113 e. The summed E-state index contributed by atoms with van der Waals surface area (Å²) in [7, 11) is 0. The van der Waals surface area contributed by atoms with E-state index in [0.717, 1.165) is 6.42 Å². The summed E-state index contributed by atoms with van der Waals surface area (Å²) in [6, 6.07) is 0. The van der Waals surface area contributed by atoms with Crippen LogP contribution in [-0.2, 0) is 0 Å². The molecule has 0 spiro atoms. The standard InChI is InChI=1S/C12H24FN/c1-12(2,3)14-9-11(13)8-10-6-4-5-7-10/h10-11,14H,4-9H2,1-3H3. The second kappa shape index (κ2) is 5.11. The van der Waals surface area contributed by atoms with Crippen LogP contribution >= 0.6 is 0 Å². The van der Waals surface area contributed by atoms with E-state index in [4.69, 9.17) is 0 Å². The molecule has 1 rings (SSSR count). The van der Waals surface area contributed by atoms with Gasteiger partial charge in [0, 0.05) is 12.1 Å². The summed E-state index contributed by atoms with van der Waals surface area (Å²) in [5.74, 6) is 0.659. The van der Waals surface area contributed by atoms with Crippen LogP contribution < -0.4 is 5.32 Å². The van der Waals surface area contributed by atoms with Gasteiger partial charge in [-0.25, -0.2) is 4.39 Å². The Labute approximate surface area is 87.5 Å². The molecule has 0 bridgehead atoms. The molecule has 14 heavy (non-hydrogen) atoms. The molecule has 0 aromatic carbocycles. The first-order chi connectivity index (χ1) is 6.47. The lowest BCUT2D eigenvalue weighted by Crippen LogP contribution is -2.40. The maximum absolute atomic E-state index is 13.5. The summed E-state index contributed by atoms with van der Waals surface area (Å²) < 4.78 is 13.5. The van der Waals surface area contributed by atoms with Gasteiger partial charge in [-0.1, -0.05) is 25.7 Å². The normalized spacial score (nSPS) is 21.4. The molecule has 1 unspecified atom stereocenters. The van der Waals surface area contributed by atoms with E-state index in [-0.39, 0.29) is 5.54 Å². The summed E-state index contributed by atoms with van der Waals surface area (Å²) in [6.45, 7) is 6.75. The Kier molecular flexibility index (Phi) is 4.36. The van der Waals surface area contributed by atoms with Gasteiger partial charge in [-0.2, -0.15) is 0 Å². The van der Waals surface area contributed by atoms with E-state index >= 15 is 0 Å². The largest absolute Gasteiger partial charge is 0.309 e. The highest BCUT2D eigenvalue weighted by molar-refractivity contribution is 4.76. The van der Waals surface area contributed by atoms with Crippen molar-refractivity contribution in [1.29, 1.82) is 0 Å². The van der Waals surface area contributed by atoms with Crippen LogP contribution in [0.15, 0.2) is 0 Å². The molecule has 1 saturated carbocycles. The maximum atomic E-state index is 13.5. The molecule has 0 amide bonds. The number of hydrogen-bond acceptors (Lipinski definition) is 1. The number of nitrogens with one attached hydrogen (secondary N) is 1. The lowest BCUT2D eigenvalue weighted by molar-refractivity contribution is 0.240. The monoisotopic (exact) mass is 201 g/mol. The Morgan fingerprint density at radius 3 is 2.36 bits per heavy atom. The number of halogens is 1. The van der Waals surface area contributed by atoms with Crippen LogP contribution in [0.4, 0.5) is 4.39 Å². The molecule has 0 aromatic rings. The van der Waals surface area contributed by atoms with Crippen LogP contribution in [0.25, 0.3) is 0 Å². The fourth-order valence-electron chi connectivity index (χ4n) is 2.11. The fraction of sp³-hybridized carbons (Fsp3) is 1.00. The molecule has 0 aliphatic heterocycles. The van der Waals surface area contributed by atoms with Crippen molar-refractivity contribution in [2.75, 3.05) is 6.54 Å². The Hall–Kier alpha value is -0.110. The minimum atomic E-state index is -0.655. The molecule has 0 aromatic heterocycles. The molecule has 0 saturated heterocycles.